The summed E-state index contributed by atoms with van der Waals surface area (Å²) in [4.78, 5) is 15.9. The summed E-state index contributed by atoms with van der Waals surface area (Å²) in [7, 11) is 0. The zero-order valence-electron chi connectivity index (χ0n) is 10.1. The molecule has 0 spiro atoms. The first-order valence-electron chi connectivity index (χ1n) is 6.06. The van der Waals surface area contributed by atoms with Gasteiger partial charge in [-0.2, -0.15) is 0 Å². The Hall–Kier alpha value is -2.10. The predicted octanol–water partition coefficient (Wildman–Crippen LogP) is 3.00. The lowest BCUT2D eigenvalue weighted by atomic mass is 10.2. The van der Waals surface area contributed by atoms with Gasteiger partial charge in [-0.1, -0.05) is 6.07 Å². The predicted molar refractivity (Wildman–Crippen MR) is 68.0 cm³/mol. The van der Waals surface area contributed by atoms with Crippen molar-refractivity contribution in [3.63, 3.8) is 0 Å². The van der Waals surface area contributed by atoms with E-state index in [1.165, 1.54) is 0 Å². The molecule has 92 valence electrons. The van der Waals surface area contributed by atoms with E-state index >= 15 is 0 Å². The number of aromatic nitrogens is 1. The third kappa shape index (κ3) is 2.27. The summed E-state index contributed by atoms with van der Waals surface area (Å²) < 4.78 is 5.35. The Balaban J connectivity index is 1.82. The second-order valence-corrected chi connectivity index (χ2v) is 4.64. The fraction of sp³-hybridized carbons (Fsp3) is 0.286. The molecule has 2 aromatic rings. The number of carbonyl (C=O) groups is 1. The fourth-order valence-corrected chi connectivity index (χ4v) is 1.81. The van der Waals surface area contributed by atoms with Gasteiger partial charge < -0.3 is 9.73 Å². The molecule has 1 heterocycles. The van der Waals surface area contributed by atoms with Crippen molar-refractivity contribution in [2.45, 2.75) is 19.8 Å². The van der Waals surface area contributed by atoms with Crippen molar-refractivity contribution in [1.82, 2.24) is 4.98 Å². The van der Waals surface area contributed by atoms with E-state index in [0.717, 1.165) is 29.8 Å². The number of benzene rings is 1. The molecular formula is C14H14N2O2. The average molecular weight is 242 g/mol. The van der Waals surface area contributed by atoms with Crippen molar-refractivity contribution < 1.29 is 9.21 Å². The maximum absolute atomic E-state index is 11.7. The van der Waals surface area contributed by atoms with Gasteiger partial charge in [-0.05, 0) is 38.0 Å². The smallest absolute Gasteiger partial charge is 0.227 e. The van der Waals surface area contributed by atoms with E-state index in [1.54, 1.807) is 6.26 Å². The summed E-state index contributed by atoms with van der Waals surface area (Å²) in [5.74, 6) is 0.892. The highest BCUT2D eigenvalue weighted by Crippen LogP contribution is 2.30. The number of anilines is 1. The van der Waals surface area contributed by atoms with Crippen LogP contribution < -0.4 is 5.32 Å². The summed E-state index contributed by atoms with van der Waals surface area (Å²) in [5.41, 5.74) is 2.51. The molecule has 0 bridgehead atoms. The quantitative estimate of drug-likeness (QED) is 0.900. The van der Waals surface area contributed by atoms with Crippen LogP contribution in [0, 0.1) is 12.8 Å². The van der Waals surface area contributed by atoms with Crippen LogP contribution in [-0.2, 0) is 4.79 Å². The second-order valence-electron chi connectivity index (χ2n) is 4.64. The first-order valence-corrected chi connectivity index (χ1v) is 6.06. The molecule has 18 heavy (non-hydrogen) atoms. The zero-order valence-corrected chi connectivity index (χ0v) is 10.1. The molecule has 0 atom stereocenters. The maximum Gasteiger partial charge on any atom is 0.227 e. The molecular weight excluding hydrogens is 228 g/mol. The van der Waals surface area contributed by atoms with Crippen LogP contribution >= 0.6 is 0 Å². The van der Waals surface area contributed by atoms with Crippen LogP contribution in [0.4, 0.5) is 5.69 Å². The molecule has 0 saturated heterocycles. The molecule has 3 rings (SSSR count). The minimum Gasteiger partial charge on any atom is -0.444 e. The molecule has 0 radical (unpaired) electrons. The molecule has 1 saturated carbocycles. The Morgan fingerprint density at radius 3 is 2.94 bits per heavy atom. The first kappa shape index (κ1) is 11.0. The van der Waals surface area contributed by atoms with Crippen LogP contribution in [0.25, 0.3) is 11.5 Å². The van der Waals surface area contributed by atoms with Gasteiger partial charge in [0, 0.05) is 17.2 Å². The van der Waals surface area contributed by atoms with Crippen LogP contribution in [0.3, 0.4) is 0 Å². The molecule has 1 fully saturated rings. The Morgan fingerprint density at radius 1 is 1.44 bits per heavy atom. The number of rotatable bonds is 3. The lowest BCUT2D eigenvalue weighted by molar-refractivity contribution is -0.117. The van der Waals surface area contributed by atoms with Crippen molar-refractivity contribution in [2.24, 2.45) is 5.92 Å². The van der Waals surface area contributed by atoms with Crippen LogP contribution in [-0.4, -0.2) is 10.9 Å². The van der Waals surface area contributed by atoms with Crippen molar-refractivity contribution in [3.05, 3.63) is 36.2 Å². The number of nitrogens with zero attached hydrogens (tertiary/aromatic N) is 1. The number of carbonyl (C=O) groups excluding carboxylic acids is 1. The van der Waals surface area contributed by atoms with Crippen LogP contribution in [0.1, 0.15) is 18.5 Å². The molecule has 0 unspecified atom stereocenters. The molecule has 1 aliphatic carbocycles. The molecule has 1 aromatic heterocycles. The monoisotopic (exact) mass is 242 g/mol. The Morgan fingerprint density at radius 2 is 2.28 bits per heavy atom. The number of hydrogen-bond acceptors (Lipinski definition) is 3. The van der Waals surface area contributed by atoms with Gasteiger partial charge in [0.15, 0.2) is 0 Å². The van der Waals surface area contributed by atoms with Crippen molar-refractivity contribution in [2.75, 3.05) is 5.32 Å². The minimum absolute atomic E-state index is 0.107. The highest BCUT2D eigenvalue weighted by molar-refractivity contribution is 5.94. The third-order valence-corrected chi connectivity index (χ3v) is 2.94. The van der Waals surface area contributed by atoms with E-state index in [0.29, 0.717) is 5.89 Å². The fourth-order valence-electron chi connectivity index (χ4n) is 1.81. The van der Waals surface area contributed by atoms with Crippen molar-refractivity contribution in [3.8, 4) is 11.5 Å². The van der Waals surface area contributed by atoms with Crippen LogP contribution in [0.5, 0.6) is 0 Å². The van der Waals surface area contributed by atoms with Crippen molar-refractivity contribution in [1.29, 1.82) is 0 Å². The summed E-state index contributed by atoms with van der Waals surface area (Å²) in [6.45, 7) is 1.88. The first-order chi connectivity index (χ1) is 8.72. The Kier molecular flexibility index (Phi) is 2.63. The van der Waals surface area contributed by atoms with Gasteiger partial charge in [0.1, 0.15) is 6.26 Å². The molecule has 0 aliphatic heterocycles. The Bertz CT molecular complexity index is 585. The molecule has 1 N–H and O–H groups in total. The van der Waals surface area contributed by atoms with E-state index in [9.17, 15) is 4.79 Å². The Labute approximate surface area is 105 Å². The normalized spacial score (nSPS) is 14.5. The van der Waals surface area contributed by atoms with Crippen molar-refractivity contribution >= 4 is 11.6 Å². The van der Waals surface area contributed by atoms with E-state index in [2.05, 4.69) is 10.3 Å². The van der Waals surface area contributed by atoms with E-state index < -0.39 is 0 Å². The lowest BCUT2D eigenvalue weighted by Gasteiger charge is -2.05. The molecule has 1 aromatic carbocycles. The van der Waals surface area contributed by atoms with E-state index in [1.807, 2.05) is 31.2 Å². The average Bonchev–Trinajstić information content (AvgIpc) is 3.12. The highest BCUT2D eigenvalue weighted by Gasteiger charge is 2.29. The minimum atomic E-state index is 0.107. The summed E-state index contributed by atoms with van der Waals surface area (Å²) in [6, 6.07) is 7.56. The number of nitrogens with one attached hydrogen (secondary N) is 1. The largest absolute Gasteiger partial charge is 0.444 e. The zero-order chi connectivity index (χ0) is 12.5. The van der Waals surface area contributed by atoms with Gasteiger partial charge in [0.25, 0.3) is 0 Å². The van der Waals surface area contributed by atoms with Gasteiger partial charge in [-0.15, -0.1) is 0 Å². The maximum atomic E-state index is 11.7. The lowest BCUT2D eigenvalue weighted by Crippen LogP contribution is -2.13. The molecule has 4 heteroatoms. The third-order valence-electron chi connectivity index (χ3n) is 2.94. The summed E-state index contributed by atoms with van der Waals surface area (Å²) in [5, 5.41) is 2.91. The summed E-state index contributed by atoms with van der Waals surface area (Å²) >= 11 is 0. The van der Waals surface area contributed by atoms with E-state index in [-0.39, 0.29) is 11.8 Å². The van der Waals surface area contributed by atoms with Gasteiger partial charge in [0.2, 0.25) is 11.8 Å². The van der Waals surface area contributed by atoms with Crippen LogP contribution in [0.15, 0.2) is 34.9 Å². The van der Waals surface area contributed by atoms with E-state index in [4.69, 9.17) is 4.42 Å². The molecule has 4 nitrogen and oxygen atoms in total. The number of amides is 1. The molecule has 1 aliphatic rings. The SMILES string of the molecule is Cc1coc(-c2cccc(NC(=O)C3CC3)c2)n1. The van der Waals surface area contributed by atoms with Gasteiger partial charge in [0.05, 0.1) is 5.69 Å². The standard InChI is InChI=1S/C14H14N2O2/c1-9-8-18-14(15-9)11-3-2-4-12(7-11)16-13(17)10-5-6-10/h2-4,7-8,10H,5-6H2,1H3,(H,16,17). The highest BCUT2D eigenvalue weighted by atomic mass is 16.3. The van der Waals surface area contributed by atoms with Gasteiger partial charge in [-0.3, -0.25) is 4.79 Å². The topological polar surface area (TPSA) is 55.1 Å². The van der Waals surface area contributed by atoms with Gasteiger partial charge in [-0.25, -0.2) is 4.98 Å². The van der Waals surface area contributed by atoms with Crippen LogP contribution in [0.2, 0.25) is 0 Å². The second kappa shape index (κ2) is 4.29. The molecule has 1 amide bonds. The number of hydrogen-bond donors (Lipinski definition) is 1. The number of oxazole rings is 1. The summed E-state index contributed by atoms with van der Waals surface area (Å²) in [6.07, 6.45) is 3.62. The number of aryl methyl sites for hydroxylation is 1. The van der Waals surface area contributed by atoms with Gasteiger partial charge >= 0.3 is 0 Å².